The van der Waals surface area contributed by atoms with Crippen LogP contribution in [0.4, 0.5) is 0 Å². The topological polar surface area (TPSA) is 87.1 Å². The summed E-state index contributed by atoms with van der Waals surface area (Å²) in [4.78, 5) is 14.4. The maximum absolute atomic E-state index is 6.19. The molecule has 1 saturated heterocycles. The Hall–Kier alpha value is -4.17. The number of guanidine groups is 2. The molecule has 8 nitrogen and oxygen atoms in total. The first-order valence-corrected chi connectivity index (χ1v) is 14.6. The largest absolute Gasteiger partial charge is 0.342 e. The Morgan fingerprint density at radius 1 is 1.20 bits per heavy atom. The number of aromatic nitrogens is 2. The van der Waals surface area contributed by atoms with Gasteiger partial charge in [0, 0.05) is 37.8 Å². The molecule has 0 radical (unpaired) electrons. The van der Waals surface area contributed by atoms with E-state index >= 15 is 0 Å². The molecular weight excluding hydrogens is 508 g/mol. The standard InChI is InChI=1S/C33H42N8/c1-6-8-11-24-14-15-29-26(20-24)22-41(38-29)30-13-10-9-12-25(30)21-35-32-37-33(40-18-16-27(34)17-19-40)36-31(39(32)5)28(7-2)23(3)4/h7-15,20,22-23,27H,2,6,16-19,21,34H2,1,3-5H3,(H,35,36,37)/b11-8+,31-28+. The van der Waals surface area contributed by atoms with E-state index in [1.165, 1.54) is 5.56 Å². The van der Waals surface area contributed by atoms with E-state index in [4.69, 9.17) is 20.8 Å². The molecule has 2 aliphatic rings. The fraction of sp³-hybridized carbons (Fsp3) is 0.364. The highest BCUT2D eigenvalue weighted by molar-refractivity contribution is 5.99. The van der Waals surface area contributed by atoms with E-state index in [9.17, 15) is 0 Å². The van der Waals surface area contributed by atoms with Crippen molar-refractivity contribution in [1.82, 2.24) is 24.9 Å². The van der Waals surface area contributed by atoms with Crippen LogP contribution in [0.15, 0.2) is 88.8 Å². The summed E-state index contributed by atoms with van der Waals surface area (Å²) in [6, 6.07) is 14.9. The Labute approximate surface area is 243 Å². The second-order valence-electron chi connectivity index (χ2n) is 11.1. The minimum absolute atomic E-state index is 0.246. The van der Waals surface area contributed by atoms with Crippen LogP contribution in [0.3, 0.4) is 0 Å². The Kier molecular flexibility index (Phi) is 8.69. The zero-order valence-corrected chi connectivity index (χ0v) is 24.7. The van der Waals surface area contributed by atoms with Crippen LogP contribution in [-0.2, 0) is 6.54 Å². The van der Waals surface area contributed by atoms with Crippen LogP contribution >= 0.6 is 0 Å². The van der Waals surface area contributed by atoms with Crippen LogP contribution in [-0.4, -0.2) is 57.7 Å². The lowest BCUT2D eigenvalue weighted by molar-refractivity contribution is 0.303. The number of hydrogen-bond donors (Lipinski definition) is 2. The predicted molar refractivity (Wildman–Crippen MR) is 171 cm³/mol. The van der Waals surface area contributed by atoms with Crippen molar-refractivity contribution in [2.24, 2.45) is 21.6 Å². The smallest absolute Gasteiger partial charge is 0.229 e. The number of piperidine rings is 1. The lowest BCUT2D eigenvalue weighted by atomic mass is 10.0. The second-order valence-corrected chi connectivity index (χ2v) is 11.1. The van der Waals surface area contributed by atoms with E-state index in [2.05, 4.69) is 86.2 Å². The first-order valence-electron chi connectivity index (χ1n) is 14.6. The van der Waals surface area contributed by atoms with Crippen molar-refractivity contribution in [2.75, 3.05) is 20.1 Å². The molecule has 1 aromatic heterocycles. The lowest BCUT2D eigenvalue weighted by Crippen LogP contribution is -2.53. The van der Waals surface area contributed by atoms with Gasteiger partial charge >= 0.3 is 0 Å². The van der Waals surface area contributed by atoms with Crippen molar-refractivity contribution in [3.05, 3.63) is 89.9 Å². The number of nitrogens with two attached hydrogens (primary N) is 1. The van der Waals surface area contributed by atoms with E-state index in [0.29, 0.717) is 18.4 Å². The molecule has 3 aromatic rings. The van der Waals surface area contributed by atoms with Crippen LogP contribution in [0.5, 0.6) is 0 Å². The number of fused-ring (bicyclic) bond motifs is 1. The highest BCUT2D eigenvalue weighted by atomic mass is 15.4. The zero-order chi connectivity index (χ0) is 28.9. The number of allylic oxidation sites excluding steroid dienone is 3. The van der Waals surface area contributed by atoms with Gasteiger partial charge in [-0.2, -0.15) is 10.1 Å². The van der Waals surface area contributed by atoms with E-state index in [1.807, 2.05) is 34.8 Å². The molecule has 0 unspecified atom stereocenters. The molecule has 0 spiro atoms. The Balaban J connectivity index is 1.49. The van der Waals surface area contributed by atoms with Crippen LogP contribution in [0.1, 0.15) is 51.2 Å². The van der Waals surface area contributed by atoms with Gasteiger partial charge in [0.2, 0.25) is 11.9 Å². The quantitative estimate of drug-likeness (QED) is 0.396. The number of benzene rings is 2. The summed E-state index contributed by atoms with van der Waals surface area (Å²) in [5.74, 6) is 2.74. The summed E-state index contributed by atoms with van der Waals surface area (Å²) in [5.41, 5.74) is 11.5. The first kappa shape index (κ1) is 28.4. The Bertz CT molecular complexity index is 1510. The summed E-state index contributed by atoms with van der Waals surface area (Å²) < 4.78 is 1.96. The van der Waals surface area contributed by atoms with E-state index in [0.717, 1.165) is 71.9 Å². The maximum Gasteiger partial charge on any atom is 0.229 e. The van der Waals surface area contributed by atoms with Gasteiger partial charge in [0.15, 0.2) is 0 Å². The predicted octanol–water partition coefficient (Wildman–Crippen LogP) is 5.67. The molecule has 2 aromatic carbocycles. The van der Waals surface area contributed by atoms with Crippen LogP contribution in [0.2, 0.25) is 0 Å². The van der Waals surface area contributed by atoms with Gasteiger partial charge in [-0.3, -0.25) is 4.90 Å². The van der Waals surface area contributed by atoms with Crippen molar-refractivity contribution >= 4 is 28.9 Å². The van der Waals surface area contributed by atoms with Gasteiger partial charge in [-0.15, -0.1) is 0 Å². The molecule has 8 heteroatoms. The molecule has 0 bridgehead atoms. The zero-order valence-electron chi connectivity index (χ0n) is 24.7. The fourth-order valence-electron chi connectivity index (χ4n) is 5.31. The van der Waals surface area contributed by atoms with Gasteiger partial charge in [0.25, 0.3) is 0 Å². The molecule has 3 heterocycles. The fourth-order valence-corrected chi connectivity index (χ4v) is 5.31. The van der Waals surface area contributed by atoms with Gasteiger partial charge in [-0.05, 0) is 60.1 Å². The number of para-hydroxylation sites is 1. The number of aliphatic imine (C=N–C) groups is 2. The Morgan fingerprint density at radius 2 is 1.98 bits per heavy atom. The summed E-state index contributed by atoms with van der Waals surface area (Å²) in [6.07, 6.45) is 11.3. The van der Waals surface area contributed by atoms with Crippen LogP contribution in [0, 0.1) is 5.92 Å². The maximum atomic E-state index is 6.19. The van der Waals surface area contributed by atoms with Crippen LogP contribution < -0.4 is 11.1 Å². The summed E-state index contributed by atoms with van der Waals surface area (Å²) >= 11 is 0. The van der Waals surface area contributed by atoms with Gasteiger partial charge in [0.05, 0.1) is 17.7 Å². The summed E-state index contributed by atoms with van der Waals surface area (Å²) in [6.45, 7) is 12.8. The van der Waals surface area contributed by atoms with Crippen molar-refractivity contribution < 1.29 is 0 Å². The van der Waals surface area contributed by atoms with E-state index < -0.39 is 0 Å². The lowest BCUT2D eigenvalue weighted by Gasteiger charge is -2.38. The summed E-state index contributed by atoms with van der Waals surface area (Å²) in [7, 11) is 2.01. The highest BCUT2D eigenvalue weighted by Gasteiger charge is 2.28. The molecule has 41 heavy (non-hydrogen) atoms. The third kappa shape index (κ3) is 6.28. The number of nitrogens with one attached hydrogen (secondary N) is 1. The van der Waals surface area contributed by atoms with Crippen molar-refractivity contribution in [3.63, 3.8) is 0 Å². The summed E-state index contributed by atoms with van der Waals surface area (Å²) in [5, 5.41) is 9.58. The van der Waals surface area contributed by atoms with E-state index in [1.54, 1.807) is 0 Å². The number of nitrogens with zero attached hydrogens (tertiary/aromatic N) is 6. The highest BCUT2D eigenvalue weighted by Crippen LogP contribution is 2.24. The van der Waals surface area contributed by atoms with Gasteiger partial charge < -0.3 is 16.0 Å². The Morgan fingerprint density at radius 3 is 2.71 bits per heavy atom. The number of likely N-dealkylation sites (tertiary alicyclic amines) is 1. The van der Waals surface area contributed by atoms with Gasteiger partial charge in [-0.25, -0.2) is 9.67 Å². The van der Waals surface area contributed by atoms with Crippen molar-refractivity contribution in [2.45, 2.75) is 52.6 Å². The SMILES string of the molecule is C=C/C(=C1/NC(N2CCC(N)CC2)=NC(=NCc2ccccc2-n2cc3cc(/C=C/CC)ccc3n2)N1C)C(C)C. The monoisotopic (exact) mass is 550 g/mol. The van der Waals surface area contributed by atoms with Crippen molar-refractivity contribution in [1.29, 1.82) is 0 Å². The molecule has 1 fully saturated rings. The average molecular weight is 551 g/mol. The van der Waals surface area contributed by atoms with Crippen LogP contribution in [0.25, 0.3) is 22.7 Å². The normalized spacial score (nSPS) is 18.9. The molecule has 5 rings (SSSR count). The number of hydrogen-bond acceptors (Lipinski definition) is 5. The third-order valence-corrected chi connectivity index (χ3v) is 7.73. The molecule has 2 aliphatic heterocycles. The molecule has 3 N–H and O–H groups in total. The molecule has 0 atom stereocenters. The first-order chi connectivity index (χ1) is 19.9. The second kappa shape index (κ2) is 12.6. The molecule has 0 aliphatic carbocycles. The average Bonchev–Trinajstić information content (AvgIpc) is 3.40. The van der Waals surface area contributed by atoms with Crippen molar-refractivity contribution in [3.8, 4) is 5.69 Å². The van der Waals surface area contributed by atoms with E-state index in [-0.39, 0.29) is 6.04 Å². The minimum atomic E-state index is 0.246. The molecule has 0 saturated carbocycles. The number of rotatable bonds is 7. The molecule has 214 valence electrons. The molecule has 0 amide bonds. The molecular formula is C33H42N8. The third-order valence-electron chi connectivity index (χ3n) is 7.73. The minimum Gasteiger partial charge on any atom is -0.342 e. The van der Waals surface area contributed by atoms with Gasteiger partial charge in [-0.1, -0.05) is 69.8 Å². The van der Waals surface area contributed by atoms with Gasteiger partial charge in [0.1, 0.15) is 5.82 Å².